The van der Waals surface area contributed by atoms with Gasteiger partial charge in [0, 0.05) is 14.2 Å². The summed E-state index contributed by atoms with van der Waals surface area (Å²) < 4.78 is 10.0. The van der Waals surface area contributed by atoms with E-state index in [1.54, 1.807) is 27.8 Å². The van der Waals surface area contributed by atoms with Gasteiger partial charge in [0.1, 0.15) is 5.60 Å². The van der Waals surface area contributed by atoms with Crippen LogP contribution in [0.25, 0.3) is 0 Å². The van der Waals surface area contributed by atoms with E-state index in [9.17, 15) is 4.79 Å². The molecule has 1 N–H and O–H groups in total. The van der Waals surface area contributed by atoms with Gasteiger partial charge < -0.3 is 19.5 Å². The maximum atomic E-state index is 11.6. The van der Waals surface area contributed by atoms with Gasteiger partial charge in [-0.15, -0.1) is 0 Å². The van der Waals surface area contributed by atoms with Gasteiger partial charge in [-0.3, -0.25) is 0 Å². The van der Waals surface area contributed by atoms with Crippen molar-refractivity contribution < 1.29 is 19.4 Å². The van der Waals surface area contributed by atoms with Crippen LogP contribution >= 0.6 is 0 Å². The number of amides is 1. The second-order valence-electron chi connectivity index (χ2n) is 4.38. The summed E-state index contributed by atoms with van der Waals surface area (Å²) in [6.45, 7) is 5.52. The zero-order chi connectivity index (χ0) is 12.1. The van der Waals surface area contributed by atoms with Gasteiger partial charge in [-0.05, 0) is 20.8 Å². The van der Waals surface area contributed by atoms with Crippen molar-refractivity contribution in [2.75, 3.05) is 27.4 Å². The van der Waals surface area contributed by atoms with Crippen molar-refractivity contribution in [1.82, 2.24) is 4.90 Å². The highest BCUT2D eigenvalue weighted by atomic mass is 16.6. The third-order valence-electron chi connectivity index (χ3n) is 1.80. The molecule has 0 aliphatic heterocycles. The summed E-state index contributed by atoms with van der Waals surface area (Å²) in [6.07, 6.45) is -0.460. The Kier molecular flexibility index (Phi) is 5.60. The van der Waals surface area contributed by atoms with Crippen LogP contribution in [0.2, 0.25) is 0 Å². The van der Waals surface area contributed by atoms with Gasteiger partial charge in [0.25, 0.3) is 0 Å². The summed E-state index contributed by atoms with van der Waals surface area (Å²) in [5.74, 6) is 0. The quantitative estimate of drug-likeness (QED) is 0.762. The van der Waals surface area contributed by atoms with E-state index < -0.39 is 11.7 Å². The second-order valence-corrected chi connectivity index (χ2v) is 4.38. The largest absolute Gasteiger partial charge is 0.444 e. The molecular weight excluding hydrogens is 198 g/mol. The molecule has 0 aromatic heterocycles. The average Bonchev–Trinajstić information content (AvgIpc) is 2.10. The van der Waals surface area contributed by atoms with Crippen molar-refractivity contribution in [2.24, 2.45) is 0 Å². The molecule has 15 heavy (non-hydrogen) atoms. The minimum absolute atomic E-state index is 0.149. The highest BCUT2D eigenvalue weighted by Crippen LogP contribution is 2.10. The van der Waals surface area contributed by atoms with E-state index in [2.05, 4.69) is 0 Å². The molecule has 90 valence electrons. The zero-order valence-electron chi connectivity index (χ0n) is 10.1. The summed E-state index contributed by atoms with van der Waals surface area (Å²) in [5.41, 5.74) is -0.529. The number of nitrogens with zero attached hydrogens (tertiary/aromatic N) is 1. The van der Waals surface area contributed by atoms with Crippen molar-refractivity contribution in [2.45, 2.75) is 32.4 Å². The van der Waals surface area contributed by atoms with Gasteiger partial charge in [0.05, 0.1) is 19.3 Å². The smallest absolute Gasteiger partial charge is 0.410 e. The predicted octanol–water partition coefficient (Wildman–Crippen LogP) is 0.861. The number of hydrogen-bond donors (Lipinski definition) is 1. The molecule has 0 aliphatic carbocycles. The van der Waals surface area contributed by atoms with Crippen molar-refractivity contribution >= 4 is 6.09 Å². The van der Waals surface area contributed by atoms with Gasteiger partial charge in [-0.1, -0.05) is 0 Å². The molecule has 0 fully saturated rings. The lowest BCUT2D eigenvalue weighted by molar-refractivity contribution is 0.00386. The van der Waals surface area contributed by atoms with Crippen LogP contribution in [-0.4, -0.2) is 55.1 Å². The van der Waals surface area contributed by atoms with E-state index in [4.69, 9.17) is 14.6 Å². The lowest BCUT2D eigenvalue weighted by Gasteiger charge is -2.29. The molecule has 0 rings (SSSR count). The summed E-state index contributed by atoms with van der Waals surface area (Å²) >= 11 is 0. The third-order valence-corrected chi connectivity index (χ3v) is 1.80. The van der Waals surface area contributed by atoms with Gasteiger partial charge in [-0.2, -0.15) is 0 Å². The van der Waals surface area contributed by atoms with Crippen LogP contribution in [0.5, 0.6) is 0 Å². The van der Waals surface area contributed by atoms with Gasteiger partial charge >= 0.3 is 6.09 Å². The highest BCUT2D eigenvalue weighted by molar-refractivity contribution is 5.68. The zero-order valence-corrected chi connectivity index (χ0v) is 10.1. The Morgan fingerprint density at radius 3 is 2.33 bits per heavy atom. The fraction of sp³-hybridized carbons (Fsp3) is 0.900. The minimum atomic E-state index is -0.529. The Balaban J connectivity index is 4.28. The van der Waals surface area contributed by atoms with Crippen LogP contribution in [0.15, 0.2) is 0 Å². The van der Waals surface area contributed by atoms with E-state index in [0.29, 0.717) is 0 Å². The predicted molar refractivity (Wildman–Crippen MR) is 56.7 cm³/mol. The summed E-state index contributed by atoms with van der Waals surface area (Å²) in [6, 6.07) is -0.371. The average molecular weight is 219 g/mol. The molecule has 0 saturated carbocycles. The number of ether oxygens (including phenoxy) is 2. The Morgan fingerprint density at radius 1 is 1.47 bits per heavy atom. The van der Waals surface area contributed by atoms with Crippen molar-refractivity contribution in [3.05, 3.63) is 0 Å². The van der Waals surface area contributed by atoms with Crippen LogP contribution < -0.4 is 0 Å². The molecule has 0 saturated heterocycles. The van der Waals surface area contributed by atoms with Gasteiger partial charge in [-0.25, -0.2) is 4.79 Å². The number of carbonyl (C=O) groups excluding carboxylic acids is 1. The first kappa shape index (κ1) is 14.2. The molecule has 1 amide bonds. The first-order chi connectivity index (χ1) is 6.81. The number of aliphatic hydroxyl groups excluding tert-OH is 1. The lowest BCUT2D eigenvalue weighted by atomic mass is 10.2. The van der Waals surface area contributed by atoms with E-state index in [0.717, 1.165) is 0 Å². The number of carbonyl (C=O) groups is 1. The molecule has 0 bridgehead atoms. The van der Waals surface area contributed by atoms with Crippen LogP contribution in [-0.2, 0) is 9.47 Å². The normalized spacial score (nSPS) is 13.5. The van der Waals surface area contributed by atoms with Crippen molar-refractivity contribution in [1.29, 1.82) is 0 Å². The van der Waals surface area contributed by atoms with Gasteiger partial charge in [0.15, 0.2) is 0 Å². The van der Waals surface area contributed by atoms with E-state index in [1.807, 2.05) is 0 Å². The summed E-state index contributed by atoms with van der Waals surface area (Å²) in [7, 11) is 3.10. The Labute approximate surface area is 91.0 Å². The monoisotopic (exact) mass is 219 g/mol. The lowest BCUT2D eigenvalue weighted by Crippen LogP contribution is -2.44. The highest BCUT2D eigenvalue weighted by Gasteiger charge is 2.24. The summed E-state index contributed by atoms with van der Waals surface area (Å²) in [4.78, 5) is 12.9. The number of rotatable bonds is 4. The van der Waals surface area contributed by atoms with Crippen LogP contribution in [0.3, 0.4) is 0 Å². The summed E-state index contributed by atoms with van der Waals surface area (Å²) in [5, 5.41) is 9.05. The number of likely N-dealkylation sites (N-methyl/N-ethyl adjacent to an activating group) is 1. The van der Waals surface area contributed by atoms with Crippen molar-refractivity contribution in [3.63, 3.8) is 0 Å². The Hall–Kier alpha value is -0.810. The molecule has 0 radical (unpaired) electrons. The molecule has 5 heteroatoms. The molecule has 0 unspecified atom stereocenters. The molecule has 5 nitrogen and oxygen atoms in total. The van der Waals surface area contributed by atoms with Crippen LogP contribution in [0, 0.1) is 0 Å². The topological polar surface area (TPSA) is 59.0 Å². The second kappa shape index (κ2) is 5.92. The Bertz CT molecular complexity index is 200. The van der Waals surface area contributed by atoms with E-state index >= 15 is 0 Å². The molecule has 0 aromatic carbocycles. The van der Waals surface area contributed by atoms with E-state index in [-0.39, 0.29) is 19.3 Å². The molecular formula is C10H21NO4. The van der Waals surface area contributed by atoms with Crippen LogP contribution in [0.1, 0.15) is 20.8 Å². The van der Waals surface area contributed by atoms with Crippen LogP contribution in [0.4, 0.5) is 4.79 Å². The van der Waals surface area contributed by atoms with E-state index in [1.165, 1.54) is 12.0 Å². The SMILES string of the molecule is COC[C@@H](CO)N(C)C(=O)OC(C)(C)C. The molecule has 0 aromatic rings. The third kappa shape index (κ3) is 5.59. The Morgan fingerprint density at radius 2 is 2.00 bits per heavy atom. The number of methoxy groups -OCH3 is 1. The number of aliphatic hydroxyl groups is 1. The first-order valence-corrected chi connectivity index (χ1v) is 4.87. The number of hydrogen-bond acceptors (Lipinski definition) is 4. The van der Waals surface area contributed by atoms with Gasteiger partial charge in [0.2, 0.25) is 0 Å². The fourth-order valence-corrected chi connectivity index (χ4v) is 0.962. The molecule has 0 spiro atoms. The fourth-order valence-electron chi connectivity index (χ4n) is 0.962. The van der Waals surface area contributed by atoms with Crippen molar-refractivity contribution in [3.8, 4) is 0 Å². The maximum absolute atomic E-state index is 11.6. The maximum Gasteiger partial charge on any atom is 0.410 e. The first-order valence-electron chi connectivity index (χ1n) is 4.87. The minimum Gasteiger partial charge on any atom is -0.444 e. The molecule has 0 heterocycles. The molecule has 0 aliphatic rings. The standard InChI is InChI=1S/C10H21NO4/c1-10(2,3)15-9(13)11(4)8(6-12)7-14-5/h8,12H,6-7H2,1-5H3/t8-/m1/s1. The molecule has 1 atom stereocenters.